The smallest absolute Gasteiger partial charge is 0.261 e. The standard InChI is InChI=1S/C17H14BrNOS/c1-11-9-15(21-16(11)18)17(20)19-10-13-7-4-6-12-5-2-3-8-14(12)13/h2-9H,10H2,1H3,(H,19,20). The maximum Gasteiger partial charge on any atom is 0.261 e. The third-order valence-electron chi connectivity index (χ3n) is 3.40. The summed E-state index contributed by atoms with van der Waals surface area (Å²) >= 11 is 4.92. The summed E-state index contributed by atoms with van der Waals surface area (Å²) in [4.78, 5) is 12.9. The minimum absolute atomic E-state index is 0.0262. The molecule has 1 N–H and O–H groups in total. The predicted octanol–water partition coefficient (Wildman–Crippen LogP) is 4.90. The lowest BCUT2D eigenvalue weighted by Crippen LogP contribution is -2.21. The number of carbonyl (C=O) groups excluding carboxylic acids is 1. The van der Waals surface area contributed by atoms with Gasteiger partial charge >= 0.3 is 0 Å². The van der Waals surface area contributed by atoms with Crippen molar-refractivity contribution < 1.29 is 4.79 Å². The Bertz CT molecular complexity index is 785. The summed E-state index contributed by atoms with van der Waals surface area (Å²) < 4.78 is 1.01. The zero-order valence-corrected chi connectivity index (χ0v) is 13.9. The molecule has 106 valence electrons. The summed E-state index contributed by atoms with van der Waals surface area (Å²) in [6.07, 6.45) is 0. The van der Waals surface area contributed by atoms with E-state index in [4.69, 9.17) is 0 Å². The summed E-state index contributed by atoms with van der Waals surface area (Å²) in [6.45, 7) is 2.52. The number of benzene rings is 2. The van der Waals surface area contributed by atoms with Gasteiger partial charge in [0.15, 0.2) is 0 Å². The van der Waals surface area contributed by atoms with Gasteiger partial charge in [0.05, 0.1) is 8.66 Å². The van der Waals surface area contributed by atoms with Gasteiger partial charge in [-0.2, -0.15) is 0 Å². The number of rotatable bonds is 3. The summed E-state index contributed by atoms with van der Waals surface area (Å²) in [6, 6.07) is 16.3. The molecule has 1 amide bonds. The number of halogens is 1. The minimum Gasteiger partial charge on any atom is -0.347 e. The average Bonchev–Trinajstić information content (AvgIpc) is 2.84. The molecule has 0 saturated heterocycles. The van der Waals surface area contributed by atoms with E-state index >= 15 is 0 Å². The fourth-order valence-electron chi connectivity index (χ4n) is 2.28. The molecular weight excluding hydrogens is 346 g/mol. The monoisotopic (exact) mass is 359 g/mol. The molecule has 2 aromatic carbocycles. The average molecular weight is 360 g/mol. The van der Waals surface area contributed by atoms with Crippen LogP contribution < -0.4 is 5.32 Å². The van der Waals surface area contributed by atoms with E-state index in [1.807, 2.05) is 31.2 Å². The van der Waals surface area contributed by atoms with E-state index in [9.17, 15) is 4.79 Å². The molecule has 0 fully saturated rings. The van der Waals surface area contributed by atoms with Crippen LogP contribution in [0.4, 0.5) is 0 Å². The van der Waals surface area contributed by atoms with Crippen LogP contribution in [0.15, 0.2) is 52.3 Å². The van der Waals surface area contributed by atoms with Gasteiger partial charge in [0.1, 0.15) is 0 Å². The molecule has 0 spiro atoms. The number of carbonyl (C=O) groups is 1. The van der Waals surface area contributed by atoms with Crippen LogP contribution in [0, 0.1) is 6.92 Å². The van der Waals surface area contributed by atoms with Crippen LogP contribution in [0.2, 0.25) is 0 Å². The Hall–Kier alpha value is -1.65. The maximum atomic E-state index is 12.2. The molecule has 0 unspecified atom stereocenters. The van der Waals surface area contributed by atoms with Crippen molar-refractivity contribution in [2.24, 2.45) is 0 Å². The van der Waals surface area contributed by atoms with Crippen molar-refractivity contribution >= 4 is 43.9 Å². The van der Waals surface area contributed by atoms with Gasteiger partial charge in [0.2, 0.25) is 0 Å². The molecule has 1 heterocycles. The van der Waals surface area contributed by atoms with Crippen LogP contribution in [0.3, 0.4) is 0 Å². The molecule has 3 rings (SSSR count). The first-order valence-electron chi connectivity index (χ1n) is 6.66. The van der Waals surface area contributed by atoms with Crippen LogP contribution in [0.5, 0.6) is 0 Å². The molecule has 0 radical (unpaired) electrons. The van der Waals surface area contributed by atoms with Crippen LogP contribution in [-0.4, -0.2) is 5.91 Å². The Morgan fingerprint density at radius 3 is 2.71 bits per heavy atom. The molecule has 0 saturated carbocycles. The molecular formula is C17H14BrNOS. The number of hydrogen-bond donors (Lipinski definition) is 1. The number of amides is 1. The van der Waals surface area contributed by atoms with E-state index in [1.54, 1.807) is 0 Å². The Balaban J connectivity index is 1.79. The Morgan fingerprint density at radius 1 is 1.19 bits per heavy atom. The fraction of sp³-hybridized carbons (Fsp3) is 0.118. The largest absolute Gasteiger partial charge is 0.347 e. The van der Waals surface area contributed by atoms with Gasteiger partial charge in [-0.15, -0.1) is 11.3 Å². The molecule has 0 bridgehead atoms. The van der Waals surface area contributed by atoms with Crippen molar-refractivity contribution in [1.82, 2.24) is 5.32 Å². The molecule has 2 nitrogen and oxygen atoms in total. The SMILES string of the molecule is Cc1cc(C(=O)NCc2cccc3ccccc23)sc1Br. The molecule has 1 aromatic heterocycles. The maximum absolute atomic E-state index is 12.2. The van der Waals surface area contributed by atoms with Crippen LogP contribution in [-0.2, 0) is 6.54 Å². The number of aryl methyl sites for hydroxylation is 1. The first-order chi connectivity index (χ1) is 10.1. The molecule has 3 aromatic rings. The highest BCUT2D eigenvalue weighted by atomic mass is 79.9. The molecule has 0 atom stereocenters. The highest BCUT2D eigenvalue weighted by molar-refractivity contribution is 9.11. The normalized spacial score (nSPS) is 10.8. The fourth-order valence-corrected chi connectivity index (χ4v) is 3.73. The topological polar surface area (TPSA) is 29.1 Å². The Morgan fingerprint density at radius 2 is 1.95 bits per heavy atom. The van der Waals surface area contributed by atoms with E-state index in [-0.39, 0.29) is 5.91 Å². The van der Waals surface area contributed by atoms with Gasteiger partial charge < -0.3 is 5.32 Å². The van der Waals surface area contributed by atoms with Crippen LogP contribution >= 0.6 is 27.3 Å². The second kappa shape index (κ2) is 6.00. The highest BCUT2D eigenvalue weighted by Crippen LogP contribution is 2.27. The lowest BCUT2D eigenvalue weighted by molar-refractivity contribution is 0.0955. The van der Waals surface area contributed by atoms with Crippen LogP contribution in [0.25, 0.3) is 10.8 Å². The van der Waals surface area contributed by atoms with Crippen molar-refractivity contribution in [2.45, 2.75) is 13.5 Å². The zero-order chi connectivity index (χ0) is 14.8. The number of hydrogen-bond acceptors (Lipinski definition) is 2. The summed E-state index contributed by atoms with van der Waals surface area (Å²) in [7, 11) is 0. The summed E-state index contributed by atoms with van der Waals surface area (Å²) in [5, 5.41) is 5.38. The van der Waals surface area contributed by atoms with E-state index in [1.165, 1.54) is 22.1 Å². The quantitative estimate of drug-likeness (QED) is 0.707. The second-order valence-corrected chi connectivity index (χ2v) is 7.26. The minimum atomic E-state index is -0.0262. The van der Waals surface area contributed by atoms with E-state index < -0.39 is 0 Å². The molecule has 0 aliphatic rings. The van der Waals surface area contributed by atoms with Crippen molar-refractivity contribution in [3.05, 3.63) is 68.3 Å². The van der Waals surface area contributed by atoms with Gasteiger partial charge in [-0.3, -0.25) is 4.79 Å². The molecule has 4 heteroatoms. The second-order valence-electron chi connectivity index (χ2n) is 4.89. The van der Waals surface area contributed by atoms with Crippen molar-refractivity contribution in [2.75, 3.05) is 0 Å². The van der Waals surface area contributed by atoms with Crippen molar-refractivity contribution in [3.8, 4) is 0 Å². The lowest BCUT2D eigenvalue weighted by atomic mass is 10.0. The van der Waals surface area contributed by atoms with E-state index in [2.05, 4.69) is 45.5 Å². The van der Waals surface area contributed by atoms with Crippen LogP contribution in [0.1, 0.15) is 20.8 Å². The molecule has 0 aliphatic heterocycles. The molecule has 21 heavy (non-hydrogen) atoms. The van der Waals surface area contributed by atoms with Crippen molar-refractivity contribution in [3.63, 3.8) is 0 Å². The van der Waals surface area contributed by atoms with E-state index in [0.29, 0.717) is 6.54 Å². The highest BCUT2D eigenvalue weighted by Gasteiger charge is 2.11. The zero-order valence-electron chi connectivity index (χ0n) is 11.5. The van der Waals surface area contributed by atoms with E-state index in [0.717, 1.165) is 19.8 Å². The summed E-state index contributed by atoms with van der Waals surface area (Å²) in [5.41, 5.74) is 2.23. The third kappa shape index (κ3) is 3.01. The van der Waals surface area contributed by atoms with Gasteiger partial charge in [-0.05, 0) is 50.8 Å². The lowest BCUT2D eigenvalue weighted by Gasteiger charge is -2.07. The number of nitrogens with one attached hydrogen (secondary N) is 1. The molecule has 0 aliphatic carbocycles. The first-order valence-corrected chi connectivity index (χ1v) is 8.27. The Labute approximate surface area is 135 Å². The van der Waals surface area contributed by atoms with Gasteiger partial charge in [0, 0.05) is 6.54 Å². The summed E-state index contributed by atoms with van der Waals surface area (Å²) in [5.74, 6) is -0.0262. The van der Waals surface area contributed by atoms with Gasteiger partial charge in [0.25, 0.3) is 5.91 Å². The van der Waals surface area contributed by atoms with Gasteiger partial charge in [-0.25, -0.2) is 0 Å². The van der Waals surface area contributed by atoms with Gasteiger partial charge in [-0.1, -0.05) is 42.5 Å². The number of thiophene rings is 1. The number of fused-ring (bicyclic) bond motifs is 1. The first kappa shape index (κ1) is 14.3. The van der Waals surface area contributed by atoms with Crippen molar-refractivity contribution in [1.29, 1.82) is 0 Å². The Kier molecular flexibility index (Phi) is 4.08. The third-order valence-corrected chi connectivity index (χ3v) is 5.54. The predicted molar refractivity (Wildman–Crippen MR) is 91.9 cm³/mol.